The lowest BCUT2D eigenvalue weighted by Crippen LogP contribution is -2.25. The molecule has 0 atom stereocenters. The van der Waals surface area contributed by atoms with Crippen molar-refractivity contribution in [2.24, 2.45) is 12.5 Å². The van der Waals surface area contributed by atoms with Crippen molar-refractivity contribution in [2.75, 3.05) is 25.6 Å². The molecule has 102 valence electrons. The molecule has 7 nitrogen and oxygen atoms in total. The predicted octanol–water partition coefficient (Wildman–Crippen LogP) is 1.80. The van der Waals surface area contributed by atoms with Crippen molar-refractivity contribution >= 4 is 11.6 Å². The fourth-order valence-corrected chi connectivity index (χ4v) is 1.55. The normalized spacial score (nSPS) is 11.6. The topological polar surface area (TPSA) is 82.2 Å². The Kier molecular flexibility index (Phi) is 4.66. The number of aryl methyl sites for hydroxylation is 1. The van der Waals surface area contributed by atoms with E-state index in [1.54, 1.807) is 18.7 Å². The third kappa shape index (κ3) is 3.69. The van der Waals surface area contributed by atoms with E-state index in [4.69, 9.17) is 4.74 Å². The molecule has 0 aliphatic carbocycles. The third-order valence-corrected chi connectivity index (χ3v) is 2.81. The number of nitrogens with zero attached hydrogens (tertiary/aromatic N) is 3. The van der Waals surface area contributed by atoms with Crippen LogP contribution >= 0.6 is 0 Å². The number of hydrogen-bond donors (Lipinski definition) is 1. The van der Waals surface area contributed by atoms with E-state index in [0.29, 0.717) is 19.0 Å². The Morgan fingerprint density at radius 2 is 2.28 bits per heavy atom. The van der Waals surface area contributed by atoms with E-state index in [1.807, 2.05) is 0 Å². The van der Waals surface area contributed by atoms with Crippen LogP contribution in [0.25, 0.3) is 0 Å². The van der Waals surface area contributed by atoms with Gasteiger partial charge in [-0.25, -0.2) is 0 Å². The van der Waals surface area contributed by atoms with E-state index in [1.165, 1.54) is 6.33 Å². The molecule has 0 fully saturated rings. The average Bonchev–Trinajstić information content (AvgIpc) is 2.66. The number of anilines is 1. The van der Waals surface area contributed by atoms with Crippen LogP contribution in [-0.2, 0) is 11.8 Å². The van der Waals surface area contributed by atoms with Crippen LogP contribution in [0.2, 0.25) is 0 Å². The summed E-state index contributed by atoms with van der Waals surface area (Å²) in [6.45, 7) is 5.46. The van der Waals surface area contributed by atoms with Gasteiger partial charge in [-0.1, -0.05) is 13.8 Å². The van der Waals surface area contributed by atoms with Crippen LogP contribution in [0.5, 0.6) is 0 Å². The molecule has 1 heterocycles. The van der Waals surface area contributed by atoms with Gasteiger partial charge in [-0.05, 0) is 21.7 Å². The molecule has 1 aromatic rings. The standard InChI is InChI=1S/C11H20N4O3/c1-11(2,5-6-18-4)7-12-9-10(15(16)17)13-8-14(9)3/h8,12H,5-7H2,1-4H3. The maximum absolute atomic E-state index is 10.8. The number of imidazole rings is 1. The molecule has 0 spiro atoms. The first kappa shape index (κ1) is 14.4. The fourth-order valence-electron chi connectivity index (χ4n) is 1.55. The summed E-state index contributed by atoms with van der Waals surface area (Å²) in [4.78, 5) is 14.1. The highest BCUT2D eigenvalue weighted by atomic mass is 16.6. The van der Waals surface area contributed by atoms with E-state index in [2.05, 4.69) is 24.1 Å². The maximum atomic E-state index is 10.8. The molecule has 0 radical (unpaired) electrons. The van der Waals surface area contributed by atoms with Gasteiger partial charge in [0.2, 0.25) is 12.1 Å². The van der Waals surface area contributed by atoms with Gasteiger partial charge >= 0.3 is 5.82 Å². The molecule has 0 amide bonds. The van der Waals surface area contributed by atoms with Crippen molar-refractivity contribution in [1.29, 1.82) is 0 Å². The molecule has 1 N–H and O–H groups in total. The van der Waals surface area contributed by atoms with E-state index in [0.717, 1.165) is 6.42 Å². The lowest BCUT2D eigenvalue weighted by Gasteiger charge is -2.24. The largest absolute Gasteiger partial charge is 0.406 e. The lowest BCUT2D eigenvalue weighted by atomic mass is 9.90. The Hall–Kier alpha value is -1.63. The highest BCUT2D eigenvalue weighted by molar-refractivity contribution is 5.52. The van der Waals surface area contributed by atoms with Crippen molar-refractivity contribution in [1.82, 2.24) is 9.55 Å². The summed E-state index contributed by atoms with van der Waals surface area (Å²) in [6.07, 6.45) is 2.31. The Balaban J connectivity index is 2.68. The molecular weight excluding hydrogens is 236 g/mol. The van der Waals surface area contributed by atoms with Gasteiger partial charge in [-0.3, -0.25) is 4.57 Å². The number of aromatic nitrogens is 2. The molecule has 0 aliphatic heterocycles. The third-order valence-electron chi connectivity index (χ3n) is 2.81. The zero-order chi connectivity index (χ0) is 13.8. The minimum atomic E-state index is -0.482. The van der Waals surface area contributed by atoms with Gasteiger partial charge < -0.3 is 20.2 Å². The second-order valence-electron chi connectivity index (χ2n) is 5.05. The highest BCUT2D eigenvalue weighted by Crippen LogP contribution is 2.25. The van der Waals surface area contributed by atoms with Crippen molar-refractivity contribution < 1.29 is 9.66 Å². The van der Waals surface area contributed by atoms with E-state index < -0.39 is 4.92 Å². The molecule has 0 aromatic carbocycles. The van der Waals surface area contributed by atoms with E-state index in [-0.39, 0.29) is 11.2 Å². The Bertz CT molecular complexity index is 414. The van der Waals surface area contributed by atoms with Crippen LogP contribution in [0.4, 0.5) is 11.6 Å². The first-order valence-corrected chi connectivity index (χ1v) is 5.76. The van der Waals surface area contributed by atoms with Crippen molar-refractivity contribution in [3.63, 3.8) is 0 Å². The molecule has 0 unspecified atom stereocenters. The quantitative estimate of drug-likeness (QED) is 0.594. The summed E-state index contributed by atoms with van der Waals surface area (Å²) < 4.78 is 6.66. The predicted molar refractivity (Wildman–Crippen MR) is 68.6 cm³/mol. The number of hydrogen-bond acceptors (Lipinski definition) is 5. The van der Waals surface area contributed by atoms with Gasteiger partial charge in [0.05, 0.1) is 0 Å². The molecule has 0 bridgehead atoms. The summed E-state index contributed by atoms with van der Waals surface area (Å²) >= 11 is 0. The minimum Gasteiger partial charge on any atom is -0.385 e. The number of nitrogens with one attached hydrogen (secondary N) is 1. The number of rotatable bonds is 7. The SMILES string of the molecule is COCCC(C)(C)CNc1c([N+](=O)[O-])ncn1C. The van der Waals surface area contributed by atoms with Crippen LogP contribution in [0.1, 0.15) is 20.3 Å². The second kappa shape index (κ2) is 5.81. The number of methoxy groups -OCH3 is 1. The summed E-state index contributed by atoms with van der Waals surface area (Å²) in [5, 5.41) is 13.9. The average molecular weight is 256 g/mol. The first-order chi connectivity index (χ1) is 8.37. The first-order valence-electron chi connectivity index (χ1n) is 5.76. The molecule has 18 heavy (non-hydrogen) atoms. The van der Waals surface area contributed by atoms with Crippen molar-refractivity contribution in [3.05, 3.63) is 16.4 Å². The Morgan fingerprint density at radius 3 is 2.83 bits per heavy atom. The molecule has 1 aromatic heterocycles. The maximum Gasteiger partial charge on any atom is 0.406 e. The van der Waals surface area contributed by atoms with E-state index in [9.17, 15) is 10.1 Å². The van der Waals surface area contributed by atoms with Gasteiger partial charge in [0.25, 0.3) is 0 Å². The lowest BCUT2D eigenvalue weighted by molar-refractivity contribution is -0.388. The van der Waals surface area contributed by atoms with Gasteiger partial charge in [-0.2, -0.15) is 0 Å². The van der Waals surface area contributed by atoms with E-state index >= 15 is 0 Å². The molecular formula is C11H20N4O3. The summed E-state index contributed by atoms with van der Waals surface area (Å²) in [7, 11) is 3.39. The smallest absolute Gasteiger partial charge is 0.385 e. The Morgan fingerprint density at radius 1 is 1.61 bits per heavy atom. The number of nitro groups is 1. The van der Waals surface area contributed by atoms with Crippen LogP contribution in [0.3, 0.4) is 0 Å². The summed E-state index contributed by atoms with van der Waals surface area (Å²) in [5.74, 6) is 0.297. The number of ether oxygens (including phenoxy) is 1. The summed E-state index contributed by atoms with van der Waals surface area (Å²) in [6, 6.07) is 0. The zero-order valence-electron chi connectivity index (χ0n) is 11.3. The van der Waals surface area contributed by atoms with Crippen LogP contribution < -0.4 is 5.32 Å². The van der Waals surface area contributed by atoms with Crippen LogP contribution in [0.15, 0.2) is 6.33 Å². The summed E-state index contributed by atoms with van der Waals surface area (Å²) in [5.41, 5.74) is -0.00580. The van der Waals surface area contributed by atoms with Crippen molar-refractivity contribution in [3.8, 4) is 0 Å². The molecule has 1 rings (SSSR count). The Labute approximate surface area is 106 Å². The zero-order valence-corrected chi connectivity index (χ0v) is 11.3. The fraction of sp³-hybridized carbons (Fsp3) is 0.727. The van der Waals surface area contributed by atoms with Gasteiger partial charge in [0.15, 0.2) is 0 Å². The van der Waals surface area contributed by atoms with Crippen molar-refractivity contribution in [2.45, 2.75) is 20.3 Å². The molecule has 0 saturated carbocycles. The molecule has 0 saturated heterocycles. The van der Waals surface area contributed by atoms with Gasteiger partial charge in [-0.15, -0.1) is 0 Å². The second-order valence-corrected chi connectivity index (χ2v) is 5.05. The molecule has 7 heteroatoms. The van der Waals surface area contributed by atoms with Crippen LogP contribution in [0, 0.1) is 15.5 Å². The molecule has 0 aliphatic rings. The monoisotopic (exact) mass is 256 g/mol. The van der Waals surface area contributed by atoms with Gasteiger partial charge in [0.1, 0.15) is 0 Å². The highest BCUT2D eigenvalue weighted by Gasteiger charge is 2.23. The van der Waals surface area contributed by atoms with Gasteiger partial charge in [0, 0.05) is 27.3 Å². The van der Waals surface area contributed by atoms with Crippen LogP contribution in [-0.4, -0.2) is 34.7 Å². The minimum absolute atomic E-state index is 0.00580.